The van der Waals surface area contributed by atoms with Crippen LogP contribution in [0.2, 0.25) is 0 Å². The van der Waals surface area contributed by atoms with Gasteiger partial charge in [-0.15, -0.1) is 0 Å². The molecule has 0 saturated heterocycles. The van der Waals surface area contributed by atoms with Crippen LogP contribution in [0.1, 0.15) is 31.2 Å². The van der Waals surface area contributed by atoms with Crippen LogP contribution >= 0.6 is 0 Å². The molecule has 0 spiro atoms. The second-order valence-electron chi connectivity index (χ2n) is 5.20. The summed E-state index contributed by atoms with van der Waals surface area (Å²) in [6.45, 7) is 2.49. The van der Waals surface area contributed by atoms with Crippen molar-refractivity contribution in [2.24, 2.45) is 5.92 Å². The maximum Gasteiger partial charge on any atom is 0.243 e. The van der Waals surface area contributed by atoms with Crippen molar-refractivity contribution in [3.8, 4) is 0 Å². The van der Waals surface area contributed by atoms with Crippen LogP contribution in [0.3, 0.4) is 0 Å². The first-order chi connectivity index (χ1) is 8.51. The van der Waals surface area contributed by atoms with E-state index in [1.165, 1.54) is 17.1 Å². The predicted molar refractivity (Wildman–Crippen MR) is 73.0 cm³/mol. The molecule has 0 unspecified atom stereocenters. The molecular formula is C14H21NO2S. The summed E-state index contributed by atoms with van der Waals surface area (Å²) in [5, 5.41) is 0. The van der Waals surface area contributed by atoms with Gasteiger partial charge in [0.15, 0.2) is 0 Å². The average molecular weight is 267 g/mol. The van der Waals surface area contributed by atoms with Gasteiger partial charge >= 0.3 is 0 Å². The number of rotatable bonds is 4. The molecule has 1 fully saturated rings. The fourth-order valence-electron chi connectivity index (χ4n) is 2.67. The van der Waals surface area contributed by atoms with E-state index in [-0.39, 0.29) is 0 Å². The molecular weight excluding hydrogens is 246 g/mol. The highest BCUT2D eigenvalue weighted by Gasteiger charge is 2.26. The quantitative estimate of drug-likeness (QED) is 0.841. The van der Waals surface area contributed by atoms with Gasteiger partial charge in [0.1, 0.15) is 0 Å². The predicted octanol–water partition coefficient (Wildman–Crippen LogP) is 2.81. The van der Waals surface area contributed by atoms with Gasteiger partial charge in [0.05, 0.1) is 4.90 Å². The van der Waals surface area contributed by atoms with Crippen LogP contribution in [0, 0.1) is 12.8 Å². The molecule has 100 valence electrons. The van der Waals surface area contributed by atoms with Crippen LogP contribution in [0.25, 0.3) is 0 Å². The molecule has 18 heavy (non-hydrogen) atoms. The molecule has 1 saturated carbocycles. The monoisotopic (exact) mass is 267 g/mol. The Hall–Kier alpha value is -0.870. The molecule has 0 atom stereocenters. The number of hydrogen-bond acceptors (Lipinski definition) is 2. The number of benzene rings is 1. The molecule has 0 N–H and O–H groups in total. The average Bonchev–Trinajstić information content (AvgIpc) is 2.82. The van der Waals surface area contributed by atoms with Crippen LogP contribution < -0.4 is 0 Å². The maximum absolute atomic E-state index is 12.5. The van der Waals surface area contributed by atoms with Gasteiger partial charge in [-0.25, -0.2) is 12.7 Å². The summed E-state index contributed by atoms with van der Waals surface area (Å²) < 4.78 is 26.5. The number of aryl methyl sites for hydroxylation is 1. The van der Waals surface area contributed by atoms with E-state index in [2.05, 4.69) is 0 Å². The first kappa shape index (κ1) is 13.6. The SMILES string of the molecule is Cc1ccccc1S(=O)(=O)N(C)CC1CCCC1. The zero-order chi connectivity index (χ0) is 13.2. The molecule has 3 nitrogen and oxygen atoms in total. The number of hydrogen-bond donors (Lipinski definition) is 0. The second kappa shape index (κ2) is 5.41. The van der Waals surface area contributed by atoms with Crippen molar-refractivity contribution in [2.75, 3.05) is 13.6 Å². The third-order valence-electron chi connectivity index (χ3n) is 3.77. The minimum Gasteiger partial charge on any atom is -0.207 e. The topological polar surface area (TPSA) is 37.4 Å². The minimum atomic E-state index is -3.32. The Labute approximate surface area is 110 Å². The molecule has 0 bridgehead atoms. The molecule has 4 heteroatoms. The minimum absolute atomic E-state index is 0.436. The lowest BCUT2D eigenvalue weighted by Crippen LogP contribution is -2.31. The van der Waals surface area contributed by atoms with E-state index < -0.39 is 10.0 Å². The van der Waals surface area contributed by atoms with Crippen LogP contribution in [0.4, 0.5) is 0 Å². The standard InChI is InChI=1S/C14H21NO2S/c1-12-7-3-6-10-14(12)18(16,17)15(2)11-13-8-4-5-9-13/h3,6-7,10,13H,4-5,8-9,11H2,1-2H3. The van der Waals surface area contributed by atoms with Crippen molar-refractivity contribution in [3.63, 3.8) is 0 Å². The Bertz CT molecular complexity index is 504. The van der Waals surface area contributed by atoms with E-state index >= 15 is 0 Å². The summed E-state index contributed by atoms with van der Waals surface area (Å²) >= 11 is 0. The van der Waals surface area contributed by atoms with Gasteiger partial charge in [0.2, 0.25) is 10.0 Å². The van der Waals surface area contributed by atoms with E-state index in [1.54, 1.807) is 19.2 Å². The van der Waals surface area contributed by atoms with Gasteiger partial charge < -0.3 is 0 Å². The molecule has 2 rings (SSSR count). The zero-order valence-corrected chi connectivity index (χ0v) is 11.9. The molecule has 0 radical (unpaired) electrons. The van der Waals surface area contributed by atoms with Crippen LogP contribution in [-0.4, -0.2) is 26.3 Å². The molecule has 0 aliphatic heterocycles. The summed E-state index contributed by atoms with van der Waals surface area (Å²) in [5.41, 5.74) is 0.816. The van der Waals surface area contributed by atoms with Gasteiger partial charge in [0, 0.05) is 13.6 Å². The third-order valence-corrected chi connectivity index (χ3v) is 5.76. The van der Waals surface area contributed by atoms with E-state index in [0.29, 0.717) is 17.4 Å². The molecule has 0 aromatic heterocycles. The fourth-order valence-corrected chi connectivity index (χ4v) is 4.14. The Kier molecular flexibility index (Phi) is 4.07. The molecule has 1 aromatic rings. The normalized spacial score (nSPS) is 17.5. The summed E-state index contributed by atoms with van der Waals surface area (Å²) in [6, 6.07) is 7.18. The summed E-state index contributed by atoms with van der Waals surface area (Å²) in [5.74, 6) is 0.536. The lowest BCUT2D eigenvalue weighted by molar-refractivity contribution is 0.387. The summed E-state index contributed by atoms with van der Waals surface area (Å²) in [7, 11) is -1.63. The summed E-state index contributed by atoms with van der Waals surface area (Å²) in [6.07, 6.45) is 4.80. The van der Waals surface area contributed by atoms with E-state index in [4.69, 9.17) is 0 Å². The summed E-state index contributed by atoms with van der Waals surface area (Å²) in [4.78, 5) is 0.436. The van der Waals surface area contributed by atoms with Crippen LogP contribution in [-0.2, 0) is 10.0 Å². The van der Waals surface area contributed by atoms with Gasteiger partial charge in [-0.05, 0) is 37.3 Å². The molecule has 0 amide bonds. The highest BCUT2D eigenvalue weighted by molar-refractivity contribution is 7.89. The smallest absolute Gasteiger partial charge is 0.207 e. The lowest BCUT2D eigenvalue weighted by atomic mass is 10.1. The zero-order valence-electron chi connectivity index (χ0n) is 11.1. The number of sulfonamides is 1. The van der Waals surface area contributed by atoms with Gasteiger partial charge in [-0.1, -0.05) is 31.0 Å². The Morgan fingerprint density at radius 3 is 2.44 bits per heavy atom. The fraction of sp³-hybridized carbons (Fsp3) is 0.571. The van der Waals surface area contributed by atoms with Gasteiger partial charge in [-0.3, -0.25) is 0 Å². The van der Waals surface area contributed by atoms with Crippen molar-refractivity contribution >= 4 is 10.0 Å². The molecule has 0 heterocycles. The van der Waals surface area contributed by atoms with Crippen molar-refractivity contribution in [2.45, 2.75) is 37.5 Å². The maximum atomic E-state index is 12.5. The van der Waals surface area contributed by atoms with Crippen LogP contribution in [0.15, 0.2) is 29.2 Å². The van der Waals surface area contributed by atoms with Gasteiger partial charge in [0.25, 0.3) is 0 Å². The Morgan fingerprint density at radius 1 is 1.22 bits per heavy atom. The van der Waals surface area contributed by atoms with Crippen molar-refractivity contribution in [1.29, 1.82) is 0 Å². The van der Waals surface area contributed by atoms with E-state index in [0.717, 1.165) is 18.4 Å². The highest BCUT2D eigenvalue weighted by Crippen LogP contribution is 2.27. The van der Waals surface area contributed by atoms with Crippen molar-refractivity contribution in [1.82, 2.24) is 4.31 Å². The lowest BCUT2D eigenvalue weighted by Gasteiger charge is -2.21. The molecule has 1 aromatic carbocycles. The van der Waals surface area contributed by atoms with Crippen molar-refractivity contribution in [3.05, 3.63) is 29.8 Å². The first-order valence-electron chi connectivity index (χ1n) is 6.54. The molecule has 1 aliphatic rings. The largest absolute Gasteiger partial charge is 0.243 e. The molecule has 1 aliphatic carbocycles. The number of nitrogens with zero attached hydrogens (tertiary/aromatic N) is 1. The van der Waals surface area contributed by atoms with Gasteiger partial charge in [-0.2, -0.15) is 0 Å². The van der Waals surface area contributed by atoms with E-state index in [1.807, 2.05) is 19.1 Å². The van der Waals surface area contributed by atoms with E-state index in [9.17, 15) is 8.42 Å². The Balaban J connectivity index is 2.17. The van der Waals surface area contributed by atoms with Crippen molar-refractivity contribution < 1.29 is 8.42 Å². The third kappa shape index (κ3) is 2.75. The Morgan fingerprint density at radius 2 is 1.83 bits per heavy atom. The first-order valence-corrected chi connectivity index (χ1v) is 7.98. The highest BCUT2D eigenvalue weighted by atomic mass is 32.2. The second-order valence-corrected chi connectivity index (χ2v) is 7.21. The van der Waals surface area contributed by atoms with Crippen LogP contribution in [0.5, 0.6) is 0 Å².